The van der Waals surface area contributed by atoms with Gasteiger partial charge in [0, 0.05) is 11.8 Å². The molecule has 1 heterocycles. The zero-order valence-corrected chi connectivity index (χ0v) is 11.6. The Balaban J connectivity index is 2.39. The van der Waals surface area contributed by atoms with Crippen molar-refractivity contribution in [3.8, 4) is 12.3 Å². The second kappa shape index (κ2) is 6.36. The van der Waals surface area contributed by atoms with Crippen molar-refractivity contribution in [3.63, 3.8) is 0 Å². The number of hydrogen-bond acceptors (Lipinski definition) is 2. The average molecular weight is 252 g/mol. The first-order valence-corrected chi connectivity index (χ1v) is 6.79. The van der Waals surface area contributed by atoms with Crippen molar-refractivity contribution in [2.24, 2.45) is 0 Å². The quantitative estimate of drug-likeness (QED) is 0.822. The van der Waals surface area contributed by atoms with E-state index in [0.717, 1.165) is 30.6 Å². The van der Waals surface area contributed by atoms with Crippen molar-refractivity contribution in [2.45, 2.75) is 32.7 Å². The molecule has 0 amide bonds. The summed E-state index contributed by atoms with van der Waals surface area (Å²) in [5, 5.41) is 4.69. The summed E-state index contributed by atoms with van der Waals surface area (Å²) in [7, 11) is 0. The minimum atomic E-state index is 0.240. The summed E-state index contributed by atoms with van der Waals surface area (Å²) in [6, 6.07) is 10.7. The summed E-state index contributed by atoms with van der Waals surface area (Å²) in [4.78, 5) is 4.78. The maximum Gasteiger partial charge on any atom is 0.0708 e. The number of aryl methyl sites for hydroxylation is 1. The lowest BCUT2D eigenvalue weighted by molar-refractivity contribution is 0.512. The van der Waals surface area contributed by atoms with Crippen LogP contribution in [0.3, 0.4) is 0 Å². The highest BCUT2D eigenvalue weighted by Crippen LogP contribution is 2.23. The van der Waals surface area contributed by atoms with E-state index in [4.69, 9.17) is 11.4 Å². The Hall–Kier alpha value is -1.85. The summed E-state index contributed by atoms with van der Waals surface area (Å²) in [5.41, 5.74) is 3.42. The van der Waals surface area contributed by atoms with Crippen molar-refractivity contribution < 1.29 is 0 Å². The van der Waals surface area contributed by atoms with Crippen LogP contribution in [-0.4, -0.2) is 11.5 Å². The topological polar surface area (TPSA) is 24.9 Å². The largest absolute Gasteiger partial charge is 0.309 e. The van der Waals surface area contributed by atoms with Gasteiger partial charge in [-0.2, -0.15) is 0 Å². The molecule has 2 rings (SSSR count). The Labute approximate surface area is 115 Å². The van der Waals surface area contributed by atoms with E-state index in [2.05, 4.69) is 49.4 Å². The fraction of sp³-hybridized carbons (Fsp3) is 0.353. The van der Waals surface area contributed by atoms with Gasteiger partial charge in [-0.25, -0.2) is 0 Å². The molecule has 0 radical (unpaired) electrons. The van der Waals surface area contributed by atoms with Gasteiger partial charge in [0.05, 0.1) is 17.3 Å². The summed E-state index contributed by atoms with van der Waals surface area (Å²) in [5.74, 6) is 2.71. The SMILES string of the molecule is C#CCCC(NCC)c1cc(C)c2ccccc2n1. The number of rotatable bonds is 5. The molecule has 0 aliphatic carbocycles. The molecule has 0 saturated carbocycles. The van der Waals surface area contributed by atoms with Crippen LogP contribution in [0.25, 0.3) is 10.9 Å². The minimum Gasteiger partial charge on any atom is -0.309 e. The standard InChI is InChI=1S/C17H20N2/c1-4-6-10-16(18-5-2)17-12-13(3)14-9-7-8-11-15(14)19-17/h1,7-9,11-12,16,18H,5-6,10H2,2-3H3. The molecule has 2 aromatic rings. The van der Waals surface area contributed by atoms with Gasteiger partial charge in [-0.3, -0.25) is 4.98 Å². The zero-order valence-electron chi connectivity index (χ0n) is 11.6. The second-order valence-corrected chi connectivity index (χ2v) is 4.73. The van der Waals surface area contributed by atoms with Crippen LogP contribution in [0.4, 0.5) is 0 Å². The predicted molar refractivity (Wildman–Crippen MR) is 81.0 cm³/mol. The van der Waals surface area contributed by atoms with Crippen LogP contribution in [0.5, 0.6) is 0 Å². The molecular formula is C17H20N2. The molecule has 1 aromatic heterocycles. The molecule has 1 unspecified atom stereocenters. The fourth-order valence-corrected chi connectivity index (χ4v) is 2.38. The Kier molecular flexibility index (Phi) is 4.54. The van der Waals surface area contributed by atoms with Gasteiger partial charge in [0.25, 0.3) is 0 Å². The summed E-state index contributed by atoms with van der Waals surface area (Å²) >= 11 is 0. The highest BCUT2D eigenvalue weighted by Gasteiger charge is 2.12. The van der Waals surface area contributed by atoms with Crippen LogP contribution in [0.2, 0.25) is 0 Å². The first-order chi connectivity index (χ1) is 9.26. The van der Waals surface area contributed by atoms with Crippen LogP contribution >= 0.6 is 0 Å². The Morgan fingerprint density at radius 2 is 2.16 bits per heavy atom. The lowest BCUT2D eigenvalue weighted by Gasteiger charge is -2.17. The summed E-state index contributed by atoms with van der Waals surface area (Å²) in [6.45, 7) is 5.16. The lowest BCUT2D eigenvalue weighted by atomic mass is 10.0. The first kappa shape index (κ1) is 13.6. The van der Waals surface area contributed by atoms with E-state index in [1.807, 2.05) is 6.07 Å². The van der Waals surface area contributed by atoms with Gasteiger partial charge in [-0.1, -0.05) is 25.1 Å². The number of pyridine rings is 1. The number of nitrogens with one attached hydrogen (secondary N) is 1. The number of benzene rings is 1. The lowest BCUT2D eigenvalue weighted by Crippen LogP contribution is -2.22. The molecular weight excluding hydrogens is 232 g/mol. The highest BCUT2D eigenvalue weighted by atomic mass is 14.9. The molecule has 2 heteroatoms. The third kappa shape index (κ3) is 3.13. The number of nitrogens with zero attached hydrogens (tertiary/aromatic N) is 1. The Bertz CT molecular complexity index is 596. The van der Waals surface area contributed by atoms with E-state index in [1.165, 1.54) is 10.9 Å². The number of hydrogen-bond donors (Lipinski definition) is 1. The molecule has 0 fully saturated rings. The first-order valence-electron chi connectivity index (χ1n) is 6.79. The van der Waals surface area contributed by atoms with Gasteiger partial charge in [0.2, 0.25) is 0 Å². The minimum absolute atomic E-state index is 0.240. The fourth-order valence-electron chi connectivity index (χ4n) is 2.38. The molecule has 1 N–H and O–H groups in total. The van der Waals surface area contributed by atoms with Crippen LogP contribution in [-0.2, 0) is 0 Å². The summed E-state index contributed by atoms with van der Waals surface area (Å²) in [6.07, 6.45) is 7.07. The van der Waals surface area contributed by atoms with E-state index in [9.17, 15) is 0 Å². The van der Waals surface area contributed by atoms with Crippen molar-refractivity contribution in [1.29, 1.82) is 0 Å². The van der Waals surface area contributed by atoms with E-state index < -0.39 is 0 Å². The molecule has 0 saturated heterocycles. The molecule has 0 spiro atoms. The van der Waals surface area contributed by atoms with Crippen LogP contribution in [0, 0.1) is 19.3 Å². The molecule has 0 bridgehead atoms. The van der Waals surface area contributed by atoms with Crippen LogP contribution in [0.1, 0.15) is 37.1 Å². The number of fused-ring (bicyclic) bond motifs is 1. The molecule has 1 atom stereocenters. The molecule has 19 heavy (non-hydrogen) atoms. The van der Waals surface area contributed by atoms with E-state index in [-0.39, 0.29) is 6.04 Å². The zero-order chi connectivity index (χ0) is 13.7. The monoisotopic (exact) mass is 252 g/mol. The number of aromatic nitrogens is 1. The van der Waals surface area contributed by atoms with Gasteiger partial charge in [0.15, 0.2) is 0 Å². The smallest absolute Gasteiger partial charge is 0.0708 e. The normalized spacial score (nSPS) is 12.3. The molecule has 2 nitrogen and oxygen atoms in total. The Morgan fingerprint density at radius 1 is 1.37 bits per heavy atom. The van der Waals surface area contributed by atoms with Crippen molar-refractivity contribution in [2.75, 3.05) is 6.54 Å². The highest BCUT2D eigenvalue weighted by molar-refractivity contribution is 5.82. The van der Waals surface area contributed by atoms with E-state index in [0.29, 0.717) is 0 Å². The maximum atomic E-state index is 5.37. The van der Waals surface area contributed by atoms with Gasteiger partial charge < -0.3 is 5.32 Å². The second-order valence-electron chi connectivity index (χ2n) is 4.73. The molecule has 0 aliphatic heterocycles. The third-order valence-electron chi connectivity index (χ3n) is 3.33. The predicted octanol–water partition coefficient (Wildman–Crippen LogP) is 3.61. The number of para-hydroxylation sites is 1. The molecule has 0 aliphatic rings. The van der Waals surface area contributed by atoms with Gasteiger partial charge in [-0.05, 0) is 37.6 Å². The van der Waals surface area contributed by atoms with Gasteiger partial charge >= 0.3 is 0 Å². The third-order valence-corrected chi connectivity index (χ3v) is 3.33. The van der Waals surface area contributed by atoms with Crippen LogP contribution < -0.4 is 5.32 Å². The van der Waals surface area contributed by atoms with Crippen molar-refractivity contribution in [3.05, 3.63) is 41.6 Å². The van der Waals surface area contributed by atoms with Crippen molar-refractivity contribution >= 4 is 10.9 Å². The van der Waals surface area contributed by atoms with Gasteiger partial charge in [0.1, 0.15) is 0 Å². The number of terminal acetylenes is 1. The molecule has 1 aromatic carbocycles. The van der Waals surface area contributed by atoms with E-state index in [1.54, 1.807) is 0 Å². The van der Waals surface area contributed by atoms with E-state index >= 15 is 0 Å². The molecule has 98 valence electrons. The van der Waals surface area contributed by atoms with Crippen LogP contribution in [0.15, 0.2) is 30.3 Å². The maximum absolute atomic E-state index is 5.37. The van der Waals surface area contributed by atoms with Gasteiger partial charge in [-0.15, -0.1) is 12.3 Å². The average Bonchev–Trinajstić information content (AvgIpc) is 2.43. The Morgan fingerprint density at radius 3 is 2.89 bits per heavy atom. The summed E-state index contributed by atoms with van der Waals surface area (Å²) < 4.78 is 0. The van der Waals surface area contributed by atoms with Crippen molar-refractivity contribution in [1.82, 2.24) is 10.3 Å².